The predicted octanol–water partition coefficient (Wildman–Crippen LogP) is 2.83. The Bertz CT molecular complexity index is 672. The van der Waals surface area contributed by atoms with Gasteiger partial charge in [0.15, 0.2) is 11.5 Å². The Morgan fingerprint density at radius 1 is 1.32 bits per heavy atom. The van der Waals surface area contributed by atoms with Crippen LogP contribution in [0.15, 0.2) is 6.33 Å². The molecule has 2 aliphatic rings. The number of likely N-dealkylation sites (tertiary alicyclic amines) is 1. The van der Waals surface area contributed by atoms with Gasteiger partial charge in [0.25, 0.3) is 0 Å². The van der Waals surface area contributed by atoms with E-state index in [0.717, 1.165) is 24.2 Å². The number of nitrogens with one attached hydrogen (secondary N) is 2. The number of aromatic amines is 1. The van der Waals surface area contributed by atoms with Crippen molar-refractivity contribution in [3.8, 4) is 0 Å². The smallest absolute Gasteiger partial charge is 0.226 e. The molecule has 1 saturated carbocycles. The van der Waals surface area contributed by atoms with Crippen molar-refractivity contribution in [3.05, 3.63) is 11.6 Å². The fraction of sp³-hybridized carbons (Fsp3) is 0.667. The number of halogens is 1. The van der Waals surface area contributed by atoms with Gasteiger partial charge in [-0.3, -0.25) is 4.90 Å². The normalized spacial score (nSPS) is 29.5. The molecule has 118 valence electrons. The van der Waals surface area contributed by atoms with Crippen molar-refractivity contribution in [2.45, 2.75) is 50.6 Å². The summed E-state index contributed by atoms with van der Waals surface area (Å²) in [6.45, 7) is 4.95. The van der Waals surface area contributed by atoms with Gasteiger partial charge in [0, 0.05) is 11.6 Å². The summed E-state index contributed by atoms with van der Waals surface area (Å²) in [7, 11) is 0. The Morgan fingerprint density at radius 2 is 2.09 bits per heavy atom. The first-order valence-electron chi connectivity index (χ1n) is 8.02. The number of imidazole rings is 1. The third-order valence-corrected chi connectivity index (χ3v) is 5.45. The monoisotopic (exact) mass is 320 g/mol. The molecule has 6 nitrogen and oxygen atoms in total. The summed E-state index contributed by atoms with van der Waals surface area (Å²) in [4.78, 5) is 18.3. The first-order valence-corrected chi connectivity index (χ1v) is 8.40. The van der Waals surface area contributed by atoms with Crippen molar-refractivity contribution in [1.82, 2.24) is 24.8 Å². The van der Waals surface area contributed by atoms with Crippen LogP contribution < -0.4 is 5.32 Å². The van der Waals surface area contributed by atoms with E-state index in [1.165, 1.54) is 32.4 Å². The first-order chi connectivity index (χ1) is 10.6. The lowest BCUT2D eigenvalue weighted by molar-refractivity contribution is 0.0127. The largest absolute Gasteiger partial charge is 0.365 e. The number of hydrogen-bond donors (Lipinski definition) is 2. The molecule has 0 aromatic carbocycles. The molecule has 7 heteroatoms. The highest BCUT2D eigenvalue weighted by Crippen LogP contribution is 2.37. The zero-order valence-electron chi connectivity index (χ0n) is 12.8. The van der Waals surface area contributed by atoms with Crippen LogP contribution in [0.5, 0.6) is 0 Å². The van der Waals surface area contributed by atoms with Crippen molar-refractivity contribution in [2.24, 2.45) is 0 Å². The van der Waals surface area contributed by atoms with Crippen molar-refractivity contribution >= 4 is 28.6 Å². The fourth-order valence-electron chi connectivity index (χ4n) is 3.66. The van der Waals surface area contributed by atoms with E-state index in [0.29, 0.717) is 17.2 Å². The van der Waals surface area contributed by atoms with Crippen LogP contribution in [0.25, 0.3) is 11.2 Å². The lowest BCUT2D eigenvalue weighted by atomic mass is 9.78. The van der Waals surface area contributed by atoms with Gasteiger partial charge in [-0.1, -0.05) is 0 Å². The van der Waals surface area contributed by atoms with Crippen molar-refractivity contribution in [3.63, 3.8) is 0 Å². The van der Waals surface area contributed by atoms with Gasteiger partial charge < -0.3 is 10.3 Å². The molecule has 2 aromatic heterocycles. The van der Waals surface area contributed by atoms with Gasteiger partial charge in [-0.25, -0.2) is 4.98 Å². The average Bonchev–Trinajstić information content (AvgIpc) is 2.87. The molecule has 1 aliphatic carbocycles. The molecular formula is C15H21ClN6. The molecule has 0 radical (unpaired) electrons. The van der Waals surface area contributed by atoms with Crippen molar-refractivity contribution in [2.75, 3.05) is 18.4 Å². The van der Waals surface area contributed by atoms with E-state index >= 15 is 0 Å². The molecule has 0 atom stereocenters. The third kappa shape index (κ3) is 2.44. The molecule has 4 rings (SSSR count). The molecule has 2 aromatic rings. The van der Waals surface area contributed by atoms with Gasteiger partial charge in [-0.15, -0.1) is 0 Å². The van der Waals surface area contributed by atoms with Crippen molar-refractivity contribution in [1.29, 1.82) is 0 Å². The molecule has 0 unspecified atom stereocenters. The van der Waals surface area contributed by atoms with Gasteiger partial charge in [0.1, 0.15) is 5.52 Å². The molecule has 0 bridgehead atoms. The molecular weight excluding hydrogens is 300 g/mol. The molecule has 2 fully saturated rings. The van der Waals surface area contributed by atoms with Crippen molar-refractivity contribution < 1.29 is 0 Å². The molecule has 1 aliphatic heterocycles. The number of fused-ring (bicyclic) bond motifs is 1. The SMILES string of the molecule is CC1(N2CCC2)CCC(Nc2nc(Cl)nc3nc[nH]c23)CC1. The van der Waals surface area contributed by atoms with Gasteiger partial charge in [0.2, 0.25) is 5.28 Å². The Hall–Kier alpha value is -1.40. The van der Waals surface area contributed by atoms with Crippen LogP contribution in [0.1, 0.15) is 39.0 Å². The van der Waals surface area contributed by atoms with E-state index in [-0.39, 0.29) is 5.28 Å². The fourth-order valence-corrected chi connectivity index (χ4v) is 3.83. The molecule has 22 heavy (non-hydrogen) atoms. The summed E-state index contributed by atoms with van der Waals surface area (Å²) in [5.74, 6) is 0.769. The van der Waals surface area contributed by atoms with Gasteiger partial charge in [-0.2, -0.15) is 9.97 Å². The lowest BCUT2D eigenvalue weighted by Gasteiger charge is -2.50. The highest BCUT2D eigenvalue weighted by atomic mass is 35.5. The number of aromatic nitrogens is 4. The molecule has 3 heterocycles. The van der Waals surface area contributed by atoms with E-state index in [2.05, 4.69) is 37.1 Å². The van der Waals surface area contributed by atoms with E-state index < -0.39 is 0 Å². The maximum absolute atomic E-state index is 5.99. The zero-order chi connectivity index (χ0) is 15.2. The summed E-state index contributed by atoms with van der Waals surface area (Å²) >= 11 is 5.99. The maximum atomic E-state index is 5.99. The minimum atomic E-state index is 0.239. The highest BCUT2D eigenvalue weighted by molar-refractivity contribution is 6.28. The second kappa shape index (κ2) is 5.35. The number of H-pyrrole nitrogens is 1. The summed E-state index contributed by atoms with van der Waals surface area (Å²) < 4.78 is 0. The van der Waals surface area contributed by atoms with Crippen LogP contribution in [0.4, 0.5) is 5.82 Å². The van der Waals surface area contributed by atoms with Gasteiger partial charge in [0.05, 0.1) is 6.33 Å². The Kier molecular flexibility index (Phi) is 3.46. The second-order valence-electron chi connectivity index (χ2n) is 6.70. The van der Waals surface area contributed by atoms with E-state index in [4.69, 9.17) is 11.6 Å². The third-order valence-electron chi connectivity index (χ3n) is 5.28. The maximum Gasteiger partial charge on any atom is 0.226 e. The average molecular weight is 321 g/mol. The quantitative estimate of drug-likeness (QED) is 0.851. The predicted molar refractivity (Wildman–Crippen MR) is 87.2 cm³/mol. The van der Waals surface area contributed by atoms with Crippen LogP contribution in [0.2, 0.25) is 5.28 Å². The van der Waals surface area contributed by atoms with Crippen LogP contribution >= 0.6 is 11.6 Å². The number of nitrogens with zero attached hydrogens (tertiary/aromatic N) is 4. The minimum Gasteiger partial charge on any atom is -0.365 e. The molecule has 0 amide bonds. The Balaban J connectivity index is 1.47. The molecule has 0 spiro atoms. The number of hydrogen-bond acceptors (Lipinski definition) is 5. The number of rotatable bonds is 3. The summed E-state index contributed by atoms with van der Waals surface area (Å²) in [5.41, 5.74) is 1.84. The highest BCUT2D eigenvalue weighted by Gasteiger charge is 2.38. The van der Waals surface area contributed by atoms with Crippen LogP contribution in [-0.2, 0) is 0 Å². The van der Waals surface area contributed by atoms with E-state index in [1.54, 1.807) is 6.33 Å². The summed E-state index contributed by atoms with van der Waals surface area (Å²) in [5, 5.41) is 3.78. The standard InChI is InChI=1S/C15H21ClN6/c1-15(22-7-2-8-22)5-3-10(4-6-15)19-13-11-12(18-9-17-11)20-14(16)21-13/h9-10H,2-8H2,1H3,(H2,17,18,19,20,21). The van der Waals surface area contributed by atoms with Gasteiger partial charge in [-0.05, 0) is 63.7 Å². The van der Waals surface area contributed by atoms with Gasteiger partial charge >= 0.3 is 0 Å². The Morgan fingerprint density at radius 3 is 2.77 bits per heavy atom. The zero-order valence-corrected chi connectivity index (χ0v) is 13.5. The van der Waals surface area contributed by atoms with E-state index in [1.807, 2.05) is 0 Å². The molecule has 1 saturated heterocycles. The first kappa shape index (κ1) is 14.2. The lowest BCUT2D eigenvalue weighted by Crippen LogP contribution is -2.55. The number of anilines is 1. The summed E-state index contributed by atoms with van der Waals surface area (Å²) in [6.07, 6.45) is 7.76. The van der Waals surface area contributed by atoms with Crippen LogP contribution in [0.3, 0.4) is 0 Å². The van der Waals surface area contributed by atoms with Crippen LogP contribution in [-0.4, -0.2) is 49.5 Å². The minimum absolute atomic E-state index is 0.239. The molecule has 2 N–H and O–H groups in total. The topological polar surface area (TPSA) is 69.7 Å². The second-order valence-corrected chi connectivity index (χ2v) is 7.04. The Labute approximate surface area is 134 Å². The van der Waals surface area contributed by atoms with Crippen LogP contribution in [0, 0.1) is 0 Å². The summed E-state index contributed by atoms with van der Waals surface area (Å²) in [6, 6.07) is 0.437. The van der Waals surface area contributed by atoms with E-state index in [9.17, 15) is 0 Å².